The lowest BCUT2D eigenvalue weighted by Crippen LogP contribution is -1.99. The number of methoxy groups -OCH3 is 1. The number of hydrogen-bond acceptors (Lipinski definition) is 4. The Bertz CT molecular complexity index is 1070. The Morgan fingerprint density at radius 1 is 0.862 bits per heavy atom. The normalized spacial score (nSPS) is 11.1. The van der Waals surface area contributed by atoms with Crippen molar-refractivity contribution in [3.8, 4) is 22.8 Å². The molecule has 0 saturated heterocycles. The molecule has 1 aromatic heterocycles. The predicted octanol–water partition coefficient (Wildman–Crippen LogP) is 5.75. The van der Waals surface area contributed by atoms with E-state index in [1.54, 1.807) is 18.9 Å². The van der Waals surface area contributed by atoms with Gasteiger partial charge in [0.1, 0.15) is 5.75 Å². The molecule has 0 saturated carbocycles. The van der Waals surface area contributed by atoms with E-state index in [1.165, 1.54) is 5.56 Å². The summed E-state index contributed by atoms with van der Waals surface area (Å²) >= 11 is 1.66. The minimum absolute atomic E-state index is 0.808. The van der Waals surface area contributed by atoms with E-state index in [0.717, 1.165) is 33.7 Å². The number of benzene rings is 3. The van der Waals surface area contributed by atoms with E-state index < -0.39 is 0 Å². The highest BCUT2D eigenvalue weighted by Crippen LogP contribution is 2.29. The van der Waals surface area contributed by atoms with Crippen LogP contribution in [0.2, 0.25) is 0 Å². The zero-order chi connectivity index (χ0) is 19.9. The zero-order valence-corrected chi connectivity index (χ0v) is 16.9. The fraction of sp³-hybridized carbons (Fsp3) is 0.0833. The van der Waals surface area contributed by atoms with E-state index in [1.807, 2.05) is 60.7 Å². The summed E-state index contributed by atoms with van der Waals surface area (Å²) in [5.41, 5.74) is 3.23. The van der Waals surface area contributed by atoms with Crippen LogP contribution >= 0.6 is 11.8 Å². The predicted molar refractivity (Wildman–Crippen MR) is 120 cm³/mol. The molecule has 0 amide bonds. The number of rotatable bonds is 7. The number of nitrogens with zero attached hydrogens (tertiary/aromatic N) is 3. The van der Waals surface area contributed by atoms with Crippen molar-refractivity contribution in [1.29, 1.82) is 0 Å². The second-order valence-electron chi connectivity index (χ2n) is 6.33. The maximum absolute atomic E-state index is 5.27. The fourth-order valence-corrected chi connectivity index (χ4v) is 3.73. The smallest absolute Gasteiger partial charge is 0.196 e. The SMILES string of the molecule is COc1ccc(-c2nnc(SCC=Cc3ccccc3)n2-c2ccccc2)cc1. The number of ether oxygens (including phenoxy) is 1. The third-order valence-corrected chi connectivity index (χ3v) is 5.30. The van der Waals surface area contributed by atoms with Crippen LogP contribution in [-0.2, 0) is 0 Å². The summed E-state index contributed by atoms with van der Waals surface area (Å²) in [5, 5.41) is 9.81. The minimum atomic E-state index is 0.808. The van der Waals surface area contributed by atoms with Crippen molar-refractivity contribution in [1.82, 2.24) is 14.8 Å². The van der Waals surface area contributed by atoms with Crippen LogP contribution in [0.1, 0.15) is 5.56 Å². The van der Waals surface area contributed by atoms with Crippen molar-refractivity contribution in [2.75, 3.05) is 12.9 Å². The van der Waals surface area contributed by atoms with Crippen molar-refractivity contribution >= 4 is 17.8 Å². The number of aromatic nitrogens is 3. The topological polar surface area (TPSA) is 39.9 Å². The number of hydrogen-bond donors (Lipinski definition) is 0. The molecule has 5 heteroatoms. The van der Waals surface area contributed by atoms with Gasteiger partial charge in [-0.1, -0.05) is 72.4 Å². The monoisotopic (exact) mass is 399 g/mol. The summed E-state index contributed by atoms with van der Waals surface area (Å²) in [7, 11) is 1.67. The lowest BCUT2D eigenvalue weighted by atomic mass is 10.2. The third-order valence-electron chi connectivity index (χ3n) is 4.41. The Kier molecular flexibility index (Phi) is 6.07. The fourth-order valence-electron chi connectivity index (χ4n) is 2.97. The molecular weight excluding hydrogens is 378 g/mol. The maximum atomic E-state index is 5.27. The van der Waals surface area contributed by atoms with Gasteiger partial charge in [0, 0.05) is 17.0 Å². The molecule has 4 nitrogen and oxygen atoms in total. The summed E-state index contributed by atoms with van der Waals surface area (Å²) in [5.74, 6) is 2.44. The second kappa shape index (κ2) is 9.26. The van der Waals surface area contributed by atoms with Crippen LogP contribution in [0.3, 0.4) is 0 Å². The number of para-hydroxylation sites is 1. The molecule has 4 rings (SSSR count). The lowest BCUT2D eigenvalue weighted by molar-refractivity contribution is 0.415. The van der Waals surface area contributed by atoms with E-state index in [-0.39, 0.29) is 0 Å². The molecule has 0 aliphatic carbocycles. The zero-order valence-electron chi connectivity index (χ0n) is 16.1. The van der Waals surface area contributed by atoms with Crippen LogP contribution in [0.25, 0.3) is 23.2 Å². The van der Waals surface area contributed by atoms with Gasteiger partial charge in [0.2, 0.25) is 0 Å². The van der Waals surface area contributed by atoms with Crippen molar-refractivity contribution in [3.05, 3.63) is 96.6 Å². The van der Waals surface area contributed by atoms with Crippen molar-refractivity contribution in [2.45, 2.75) is 5.16 Å². The first kappa shape index (κ1) is 19.0. The molecule has 0 unspecified atom stereocenters. The molecular formula is C24H21N3OS. The van der Waals surface area contributed by atoms with Gasteiger partial charge in [0.25, 0.3) is 0 Å². The van der Waals surface area contributed by atoms with Crippen molar-refractivity contribution in [3.63, 3.8) is 0 Å². The molecule has 0 fully saturated rings. The van der Waals surface area contributed by atoms with E-state index in [9.17, 15) is 0 Å². The molecule has 3 aromatic carbocycles. The Morgan fingerprint density at radius 2 is 1.55 bits per heavy atom. The molecule has 0 spiro atoms. The highest BCUT2D eigenvalue weighted by atomic mass is 32.2. The molecule has 0 atom stereocenters. The Morgan fingerprint density at radius 3 is 2.24 bits per heavy atom. The lowest BCUT2D eigenvalue weighted by Gasteiger charge is -2.10. The molecule has 0 aliphatic rings. The summed E-state index contributed by atoms with van der Waals surface area (Å²) < 4.78 is 7.37. The molecule has 1 heterocycles. The quantitative estimate of drug-likeness (QED) is 0.371. The van der Waals surface area contributed by atoms with E-state index in [0.29, 0.717) is 0 Å². The first-order chi connectivity index (χ1) is 14.3. The summed E-state index contributed by atoms with van der Waals surface area (Å²) in [6.45, 7) is 0. The second-order valence-corrected chi connectivity index (χ2v) is 7.32. The molecule has 0 radical (unpaired) electrons. The highest BCUT2D eigenvalue weighted by molar-refractivity contribution is 7.99. The molecule has 0 aliphatic heterocycles. The van der Waals surface area contributed by atoms with Gasteiger partial charge in [0.15, 0.2) is 11.0 Å². The van der Waals surface area contributed by atoms with Gasteiger partial charge >= 0.3 is 0 Å². The molecule has 0 bridgehead atoms. The average molecular weight is 400 g/mol. The summed E-state index contributed by atoms with van der Waals surface area (Å²) in [6, 6.07) is 28.4. The van der Waals surface area contributed by atoms with Gasteiger partial charge in [-0.15, -0.1) is 10.2 Å². The van der Waals surface area contributed by atoms with Crippen LogP contribution in [0.5, 0.6) is 5.75 Å². The summed E-state index contributed by atoms with van der Waals surface area (Å²) in [6.07, 6.45) is 4.28. The Balaban J connectivity index is 1.61. The summed E-state index contributed by atoms with van der Waals surface area (Å²) in [4.78, 5) is 0. The third kappa shape index (κ3) is 4.58. The van der Waals surface area contributed by atoms with Gasteiger partial charge < -0.3 is 4.74 Å². The van der Waals surface area contributed by atoms with Crippen LogP contribution in [0.4, 0.5) is 0 Å². The van der Waals surface area contributed by atoms with Gasteiger partial charge in [-0.2, -0.15) is 0 Å². The molecule has 4 aromatic rings. The van der Waals surface area contributed by atoms with Crippen LogP contribution in [-0.4, -0.2) is 27.6 Å². The van der Waals surface area contributed by atoms with Gasteiger partial charge in [-0.3, -0.25) is 4.57 Å². The average Bonchev–Trinajstić information content (AvgIpc) is 3.22. The first-order valence-electron chi connectivity index (χ1n) is 9.35. The van der Waals surface area contributed by atoms with Gasteiger partial charge in [-0.25, -0.2) is 0 Å². The van der Waals surface area contributed by atoms with Crippen LogP contribution in [0, 0.1) is 0 Å². The molecule has 29 heavy (non-hydrogen) atoms. The van der Waals surface area contributed by atoms with Gasteiger partial charge in [-0.05, 0) is 42.0 Å². The van der Waals surface area contributed by atoms with E-state index >= 15 is 0 Å². The van der Waals surface area contributed by atoms with E-state index in [4.69, 9.17) is 4.74 Å². The first-order valence-corrected chi connectivity index (χ1v) is 10.3. The number of thioether (sulfide) groups is 1. The Hall–Kier alpha value is -3.31. The van der Waals surface area contributed by atoms with Crippen molar-refractivity contribution < 1.29 is 4.74 Å². The Labute approximate surface area is 174 Å². The maximum Gasteiger partial charge on any atom is 0.196 e. The van der Waals surface area contributed by atoms with E-state index in [2.05, 4.69) is 51.2 Å². The highest BCUT2D eigenvalue weighted by Gasteiger charge is 2.15. The molecule has 0 N–H and O–H groups in total. The molecule has 144 valence electrons. The largest absolute Gasteiger partial charge is 0.497 e. The van der Waals surface area contributed by atoms with Crippen LogP contribution < -0.4 is 4.74 Å². The van der Waals surface area contributed by atoms with Gasteiger partial charge in [0.05, 0.1) is 7.11 Å². The van der Waals surface area contributed by atoms with Crippen molar-refractivity contribution in [2.24, 2.45) is 0 Å². The standard InChI is InChI=1S/C24H21N3OS/c1-28-22-16-14-20(15-17-22)23-25-26-24(27(23)21-12-6-3-7-13-21)29-18-8-11-19-9-4-2-5-10-19/h2-17H,18H2,1H3. The van der Waals surface area contributed by atoms with Crippen LogP contribution in [0.15, 0.2) is 96.2 Å². The minimum Gasteiger partial charge on any atom is -0.497 e.